The second-order valence-electron chi connectivity index (χ2n) is 6.16. The van der Waals surface area contributed by atoms with E-state index in [2.05, 4.69) is 11.2 Å². The van der Waals surface area contributed by atoms with Crippen molar-refractivity contribution in [1.82, 2.24) is 9.78 Å². The molecule has 0 saturated heterocycles. The number of nitrogens with zero attached hydrogens (tertiary/aromatic N) is 4. The Kier molecular flexibility index (Phi) is 2.78. The van der Waals surface area contributed by atoms with Crippen molar-refractivity contribution in [2.45, 2.75) is 32.1 Å². The number of nitriles is 2. The van der Waals surface area contributed by atoms with Gasteiger partial charge in [-0.25, -0.2) is 0 Å². The molecule has 21 heavy (non-hydrogen) atoms. The molecule has 0 bridgehead atoms. The van der Waals surface area contributed by atoms with Crippen LogP contribution in [-0.2, 0) is 23.7 Å². The molecule has 0 aliphatic heterocycles. The molecule has 5 heteroatoms. The van der Waals surface area contributed by atoms with E-state index in [0.29, 0.717) is 5.69 Å². The minimum Gasteiger partial charge on any atom is -0.293 e. The maximum atomic E-state index is 12.2. The second kappa shape index (κ2) is 4.30. The highest BCUT2D eigenvalue weighted by Gasteiger charge is 2.50. The summed E-state index contributed by atoms with van der Waals surface area (Å²) >= 11 is 0. The zero-order valence-electron chi connectivity index (χ0n) is 12.3. The zero-order valence-corrected chi connectivity index (χ0v) is 12.3. The van der Waals surface area contributed by atoms with Gasteiger partial charge in [-0.05, 0) is 18.8 Å². The predicted molar refractivity (Wildman–Crippen MR) is 75.0 cm³/mol. The van der Waals surface area contributed by atoms with Crippen LogP contribution in [0.15, 0.2) is 11.6 Å². The molecule has 0 saturated carbocycles. The Bertz CT molecular complexity index is 758. The quantitative estimate of drug-likeness (QED) is 0.725. The molecule has 3 atom stereocenters. The van der Waals surface area contributed by atoms with Gasteiger partial charge in [0.15, 0.2) is 5.78 Å². The first-order valence-electron chi connectivity index (χ1n) is 7.07. The monoisotopic (exact) mass is 280 g/mol. The number of fused-ring (bicyclic) bond motifs is 3. The number of carbonyl (C=O) groups excluding carboxylic acids is 1. The van der Waals surface area contributed by atoms with Crippen LogP contribution >= 0.6 is 0 Å². The summed E-state index contributed by atoms with van der Waals surface area (Å²) in [6, 6.07) is 4.23. The molecule has 106 valence electrons. The molecular formula is C16H16N4O. The Morgan fingerprint density at radius 3 is 2.76 bits per heavy atom. The van der Waals surface area contributed by atoms with Crippen molar-refractivity contribution in [3.05, 3.63) is 28.6 Å². The van der Waals surface area contributed by atoms with Crippen molar-refractivity contribution in [2.24, 2.45) is 18.9 Å². The van der Waals surface area contributed by atoms with Crippen LogP contribution in [0.1, 0.15) is 37.2 Å². The summed E-state index contributed by atoms with van der Waals surface area (Å²) in [6.45, 7) is 3.93. The highest BCUT2D eigenvalue weighted by molar-refractivity contribution is 6.02. The first kappa shape index (κ1) is 13.6. The fourth-order valence-corrected chi connectivity index (χ4v) is 3.98. The maximum Gasteiger partial charge on any atom is 0.176 e. The van der Waals surface area contributed by atoms with E-state index in [1.165, 1.54) is 0 Å². The highest BCUT2D eigenvalue weighted by Crippen LogP contribution is 2.49. The van der Waals surface area contributed by atoms with Gasteiger partial charge in [0.1, 0.15) is 17.8 Å². The molecule has 5 nitrogen and oxygen atoms in total. The average Bonchev–Trinajstić information content (AvgIpc) is 2.80. The number of aromatic nitrogens is 2. The summed E-state index contributed by atoms with van der Waals surface area (Å²) in [4.78, 5) is 12.2. The largest absolute Gasteiger partial charge is 0.293 e. The molecule has 2 aliphatic rings. The van der Waals surface area contributed by atoms with Gasteiger partial charge in [0.05, 0.1) is 11.3 Å². The number of hydrogen-bond donors (Lipinski definition) is 0. The van der Waals surface area contributed by atoms with Crippen LogP contribution in [0.25, 0.3) is 0 Å². The summed E-state index contributed by atoms with van der Waals surface area (Å²) in [6.07, 6.45) is 3.37. The van der Waals surface area contributed by atoms with Crippen LogP contribution in [0, 0.1) is 34.5 Å². The van der Waals surface area contributed by atoms with Crippen LogP contribution in [0.5, 0.6) is 0 Å². The van der Waals surface area contributed by atoms with Gasteiger partial charge in [0.2, 0.25) is 0 Å². The number of Topliss-reactive ketones (excluding diaryl/α,β-unsaturated/α-hetero) is 1. The average molecular weight is 280 g/mol. The Hall–Kier alpha value is -2.40. The lowest BCUT2D eigenvalue weighted by Gasteiger charge is -2.44. The van der Waals surface area contributed by atoms with Gasteiger partial charge in [0.25, 0.3) is 0 Å². The standard InChI is InChI=1S/C16H16N4O/c1-9-12-5-4-11-13(8-18)20(3)19-15(11)16(12,2)6-10(7-17)14(9)21/h6,9,12H,4-5H2,1-3H3/t9-,12-,16-/m0/s1. The van der Waals surface area contributed by atoms with E-state index in [9.17, 15) is 15.3 Å². The maximum absolute atomic E-state index is 12.2. The third-order valence-corrected chi connectivity index (χ3v) is 5.08. The normalized spacial score (nSPS) is 30.7. The van der Waals surface area contributed by atoms with Crippen LogP contribution in [0.4, 0.5) is 0 Å². The number of ketones is 1. The molecule has 1 aromatic rings. The van der Waals surface area contributed by atoms with Gasteiger partial charge < -0.3 is 0 Å². The molecule has 3 rings (SSSR count). The minimum absolute atomic E-state index is 0.0696. The predicted octanol–water partition coefficient (Wildman–Crippen LogP) is 1.78. The van der Waals surface area contributed by atoms with Crippen LogP contribution < -0.4 is 0 Å². The SMILES string of the molecule is C[C@@H]1C(=O)C(C#N)=C[C@]2(C)c3nn(C)c(C#N)c3CC[C@@H]12. The smallest absolute Gasteiger partial charge is 0.176 e. The fourth-order valence-electron chi connectivity index (χ4n) is 3.98. The molecule has 2 aliphatic carbocycles. The molecular weight excluding hydrogens is 264 g/mol. The molecule has 0 amide bonds. The zero-order chi connectivity index (χ0) is 15.4. The summed E-state index contributed by atoms with van der Waals surface area (Å²) < 4.78 is 1.61. The van der Waals surface area contributed by atoms with Crippen molar-refractivity contribution < 1.29 is 4.79 Å². The lowest BCUT2D eigenvalue weighted by molar-refractivity contribution is -0.121. The number of carbonyl (C=O) groups is 1. The molecule has 1 heterocycles. The van der Waals surface area contributed by atoms with E-state index in [4.69, 9.17) is 0 Å². The molecule has 0 N–H and O–H groups in total. The van der Waals surface area contributed by atoms with E-state index in [1.54, 1.807) is 17.8 Å². The third kappa shape index (κ3) is 1.61. The topological polar surface area (TPSA) is 82.5 Å². The summed E-state index contributed by atoms with van der Waals surface area (Å²) in [5, 5.41) is 23.1. The van der Waals surface area contributed by atoms with Gasteiger partial charge in [-0.3, -0.25) is 9.48 Å². The fraction of sp³-hybridized carbons (Fsp3) is 0.500. The number of allylic oxidation sites excluding steroid dienone is 2. The summed E-state index contributed by atoms with van der Waals surface area (Å²) in [5.74, 6) is -0.119. The van der Waals surface area contributed by atoms with Crippen molar-refractivity contribution in [2.75, 3.05) is 0 Å². The van der Waals surface area contributed by atoms with E-state index in [-0.39, 0.29) is 23.2 Å². The van der Waals surface area contributed by atoms with Crippen LogP contribution in [0.2, 0.25) is 0 Å². The molecule has 1 aromatic heterocycles. The van der Waals surface area contributed by atoms with Crippen molar-refractivity contribution in [3.8, 4) is 12.1 Å². The van der Waals surface area contributed by atoms with E-state index in [1.807, 2.05) is 19.9 Å². The molecule has 0 spiro atoms. The second-order valence-corrected chi connectivity index (χ2v) is 6.16. The first-order chi connectivity index (χ1) is 9.93. The lowest BCUT2D eigenvalue weighted by atomic mass is 9.58. The van der Waals surface area contributed by atoms with Gasteiger partial charge in [-0.15, -0.1) is 0 Å². The third-order valence-electron chi connectivity index (χ3n) is 5.08. The Morgan fingerprint density at radius 1 is 1.43 bits per heavy atom. The number of aryl methyl sites for hydroxylation is 1. The molecule has 0 unspecified atom stereocenters. The highest BCUT2D eigenvalue weighted by atomic mass is 16.1. The van der Waals surface area contributed by atoms with Crippen molar-refractivity contribution in [3.63, 3.8) is 0 Å². The molecule has 0 fully saturated rings. The van der Waals surface area contributed by atoms with Gasteiger partial charge in [-0.2, -0.15) is 15.6 Å². The summed E-state index contributed by atoms with van der Waals surface area (Å²) in [7, 11) is 1.77. The van der Waals surface area contributed by atoms with Gasteiger partial charge >= 0.3 is 0 Å². The van der Waals surface area contributed by atoms with Crippen molar-refractivity contribution in [1.29, 1.82) is 10.5 Å². The molecule has 0 aromatic carbocycles. The number of hydrogen-bond acceptors (Lipinski definition) is 4. The van der Waals surface area contributed by atoms with Crippen molar-refractivity contribution >= 4 is 5.78 Å². The number of rotatable bonds is 0. The Labute approximate surface area is 123 Å². The molecule has 0 radical (unpaired) electrons. The van der Waals surface area contributed by atoms with Gasteiger partial charge in [-0.1, -0.05) is 19.9 Å². The minimum atomic E-state index is -0.446. The summed E-state index contributed by atoms with van der Waals surface area (Å²) in [5.41, 5.74) is 2.18. The lowest BCUT2D eigenvalue weighted by Crippen LogP contribution is -2.45. The van der Waals surface area contributed by atoms with Crippen LogP contribution in [-0.4, -0.2) is 15.6 Å². The van der Waals surface area contributed by atoms with E-state index < -0.39 is 5.41 Å². The van der Waals surface area contributed by atoms with Crippen LogP contribution in [0.3, 0.4) is 0 Å². The van der Waals surface area contributed by atoms with E-state index in [0.717, 1.165) is 24.1 Å². The Balaban J connectivity index is 2.27. The van der Waals surface area contributed by atoms with E-state index >= 15 is 0 Å². The van der Waals surface area contributed by atoms with Gasteiger partial charge in [0, 0.05) is 23.9 Å². The first-order valence-corrected chi connectivity index (χ1v) is 7.07. The Morgan fingerprint density at radius 2 is 2.14 bits per heavy atom.